The molecule has 0 aromatic carbocycles. The molecule has 0 aliphatic carbocycles. The lowest BCUT2D eigenvalue weighted by Crippen LogP contribution is -2.52. The topological polar surface area (TPSA) is 395 Å². The fourth-order valence-electron chi connectivity index (χ4n) is 1.65. The van der Waals surface area contributed by atoms with E-state index in [0.717, 1.165) is 6.54 Å². The Kier molecular flexibility index (Phi) is 48.6. The first-order valence-corrected chi connectivity index (χ1v) is 14.9. The minimum Gasteiger partial charge on any atom is -0.544 e. The van der Waals surface area contributed by atoms with Crippen molar-refractivity contribution >= 4 is 24.1 Å². The predicted molar refractivity (Wildman–Crippen MR) is 179 cm³/mol. The van der Waals surface area contributed by atoms with Crippen molar-refractivity contribution in [2.75, 3.05) is 65.8 Å². The van der Waals surface area contributed by atoms with Gasteiger partial charge in [-0.1, -0.05) is 27.4 Å². The average molecular weight is 796 g/mol. The molecular weight excluding hydrogens is 746 g/mol. The van der Waals surface area contributed by atoms with Crippen LogP contribution in [-0.2, 0) is 28.5 Å². The van der Waals surface area contributed by atoms with Crippen LogP contribution < -0.4 is 21.5 Å². The van der Waals surface area contributed by atoms with E-state index in [4.69, 9.17) is 60.9 Å². The molecule has 6 N–H and O–H groups in total. The smallest absolute Gasteiger partial charge is 0.407 e. The Labute approximate surface area is 307 Å². The number of hydrogen-bond donors (Lipinski definition) is 4. The molecule has 2 amide bonds. The molecule has 0 aliphatic rings. The number of carboxylic acid groups (broad SMARTS) is 2. The third-order valence-electron chi connectivity index (χ3n) is 3.33. The van der Waals surface area contributed by atoms with Crippen molar-refractivity contribution in [1.29, 1.82) is 0 Å². The summed E-state index contributed by atoms with van der Waals surface area (Å²) in [5, 5.41) is 33.7. The quantitative estimate of drug-likeness (QED) is 0.0575. The molecule has 0 saturated heterocycles. The minimum absolute atomic E-state index is 0.0919. The van der Waals surface area contributed by atoms with Crippen molar-refractivity contribution in [3.05, 3.63) is 41.8 Å². The molecule has 312 valence electrons. The maximum absolute atomic E-state index is 11.1. The molecule has 54 heavy (non-hydrogen) atoms. The Morgan fingerprint density at radius 2 is 1.09 bits per heavy atom. The van der Waals surface area contributed by atoms with Crippen LogP contribution in [0, 0.1) is 0 Å². The van der Waals surface area contributed by atoms with Gasteiger partial charge in [0.05, 0.1) is 39.6 Å². The second kappa shape index (κ2) is 43.5. The summed E-state index contributed by atoms with van der Waals surface area (Å²) in [6.07, 6.45) is -7.63. The summed E-state index contributed by atoms with van der Waals surface area (Å²) in [5.41, 5.74) is 33.7. The van der Waals surface area contributed by atoms with Crippen LogP contribution in [0.4, 0.5) is 27.2 Å². The maximum atomic E-state index is 11.1. The van der Waals surface area contributed by atoms with E-state index in [2.05, 4.69) is 56.5 Å². The minimum atomic E-state index is -3.34. The third-order valence-corrected chi connectivity index (χ3v) is 3.33. The number of azide groups is 4. The predicted octanol–water partition coefficient (Wildman–Crippen LogP) is 3.83. The molecule has 0 aromatic rings. The maximum Gasteiger partial charge on any atom is 0.407 e. The van der Waals surface area contributed by atoms with E-state index in [9.17, 15) is 27.2 Å². The number of halogens is 4. The van der Waals surface area contributed by atoms with Crippen molar-refractivity contribution in [2.24, 2.45) is 20.5 Å². The number of aliphatic carboxylic acids is 2. The molecule has 25 nitrogen and oxygen atoms in total. The first kappa shape index (κ1) is 60.4. The summed E-state index contributed by atoms with van der Waals surface area (Å²) < 4.78 is 62.0. The summed E-state index contributed by atoms with van der Waals surface area (Å²) in [7, 11) is 0. The fourth-order valence-corrected chi connectivity index (χ4v) is 1.65. The number of rotatable bonds is 16. The molecule has 0 atom stereocenters. The second-order valence-electron chi connectivity index (χ2n) is 10.3. The molecule has 0 aliphatic heterocycles. The molecule has 0 radical (unpaired) electrons. The monoisotopic (exact) mass is 795 g/mol. The van der Waals surface area contributed by atoms with Gasteiger partial charge < -0.3 is 50.3 Å². The van der Waals surface area contributed by atoms with Gasteiger partial charge in [-0.3, -0.25) is 0 Å². The van der Waals surface area contributed by atoms with Crippen molar-refractivity contribution in [3.63, 3.8) is 0 Å². The number of carboxylic acids is 2. The number of nitrogens with one attached hydrogen (secondary N) is 2. The number of alkyl halides is 4. The first-order chi connectivity index (χ1) is 25.0. The number of alkyl carbamates (subject to hydrolysis) is 2. The summed E-state index contributed by atoms with van der Waals surface area (Å²) >= 11 is 0. The Morgan fingerprint density at radius 1 is 0.722 bits per heavy atom. The van der Waals surface area contributed by atoms with Gasteiger partial charge in [-0.2, -0.15) is 8.78 Å². The van der Waals surface area contributed by atoms with E-state index in [1.54, 1.807) is 48.5 Å². The van der Waals surface area contributed by atoms with Crippen LogP contribution in [0.1, 0.15) is 48.5 Å². The SMILES string of the molecule is CC(C)(C)OC(=O)NCCOCCN=[N+]=[N-].CC(C)(C)OC(=O)NCN=[N+]=[N-].CCN=[N+]=[N-].O=C(O)C(F)F.O=C([O-])C(F)F.[N-]=[N+]=NCCOCC[NH3+]. The van der Waals surface area contributed by atoms with E-state index in [-0.39, 0.29) is 6.67 Å². The van der Waals surface area contributed by atoms with Gasteiger partial charge in [0.1, 0.15) is 17.2 Å². The Bertz CT molecular complexity index is 1170. The largest absolute Gasteiger partial charge is 0.544 e. The van der Waals surface area contributed by atoms with Crippen LogP contribution >= 0.6 is 0 Å². The number of amides is 2. The molecule has 0 spiro atoms. The van der Waals surface area contributed by atoms with Gasteiger partial charge in [0.15, 0.2) is 0 Å². The number of hydrogen-bond acceptors (Lipinski definition) is 13. The normalized spacial score (nSPS) is 9.30. The van der Waals surface area contributed by atoms with Crippen LogP contribution in [-0.4, -0.2) is 119 Å². The Morgan fingerprint density at radius 3 is 1.37 bits per heavy atom. The highest BCUT2D eigenvalue weighted by atomic mass is 19.3. The van der Waals surface area contributed by atoms with E-state index < -0.39 is 48.2 Å². The molecular formula is C25H49F4N15O10. The molecule has 0 rings (SSSR count). The standard InChI is InChI=1S/C9H18N4O3.C6H12N4O2.C4H10N4O.2C2H2F2O2.C2H5N3/c1-9(2,3)16-8(14)11-4-6-15-7-5-12-13-10;1-6(2,3)12-5(11)8-4-9-10-7;5-1-3-9-4-2-7-8-6;2*3-1(4)2(5)6;1-2-4-5-3/h4-7H2,1-3H3,(H,11,14);4H2,1-3H3,(H,8,11);1-5H2;2*1H,(H,5,6);2H2,1H3. The van der Waals surface area contributed by atoms with E-state index in [0.29, 0.717) is 52.6 Å². The number of carbonyl (C=O) groups excluding carboxylic acids is 3. The molecule has 0 unspecified atom stereocenters. The van der Waals surface area contributed by atoms with Crippen LogP contribution in [0.3, 0.4) is 0 Å². The number of quaternary nitrogens is 1. The molecule has 0 saturated carbocycles. The zero-order valence-electron chi connectivity index (χ0n) is 30.9. The number of ether oxygens (including phenoxy) is 4. The lowest BCUT2D eigenvalue weighted by molar-refractivity contribution is -0.374. The van der Waals surface area contributed by atoms with Gasteiger partial charge >= 0.3 is 24.6 Å². The van der Waals surface area contributed by atoms with E-state index in [1.807, 2.05) is 0 Å². The summed E-state index contributed by atoms with van der Waals surface area (Å²) in [5.74, 6) is -4.40. The van der Waals surface area contributed by atoms with Gasteiger partial charge in [0, 0.05) is 45.8 Å². The van der Waals surface area contributed by atoms with Crippen molar-refractivity contribution < 1.29 is 71.6 Å². The molecule has 0 fully saturated rings. The van der Waals surface area contributed by atoms with Crippen molar-refractivity contribution in [3.8, 4) is 0 Å². The number of nitrogens with zero attached hydrogens (tertiary/aromatic N) is 12. The van der Waals surface area contributed by atoms with Gasteiger partial charge in [0.2, 0.25) is 0 Å². The summed E-state index contributed by atoms with van der Waals surface area (Å²) in [4.78, 5) is 49.8. The van der Waals surface area contributed by atoms with Gasteiger partial charge in [-0.05, 0) is 63.7 Å². The summed E-state index contributed by atoms with van der Waals surface area (Å²) in [6, 6.07) is 0. The molecule has 0 aromatic heterocycles. The van der Waals surface area contributed by atoms with Crippen LogP contribution in [0.15, 0.2) is 20.5 Å². The van der Waals surface area contributed by atoms with E-state index in [1.165, 1.54) is 0 Å². The third kappa shape index (κ3) is 80.8. The lowest BCUT2D eigenvalue weighted by Gasteiger charge is -2.19. The summed E-state index contributed by atoms with van der Waals surface area (Å²) in [6.45, 7) is 16.6. The Balaban J connectivity index is -0.000000135. The second-order valence-corrected chi connectivity index (χ2v) is 10.3. The van der Waals surface area contributed by atoms with Crippen molar-refractivity contribution in [2.45, 2.75) is 72.5 Å². The van der Waals surface area contributed by atoms with E-state index >= 15 is 0 Å². The van der Waals surface area contributed by atoms with Gasteiger partial charge in [-0.25, -0.2) is 23.2 Å². The average Bonchev–Trinajstić information content (AvgIpc) is 3.04. The van der Waals surface area contributed by atoms with Crippen LogP contribution in [0.25, 0.3) is 41.8 Å². The highest BCUT2D eigenvalue weighted by molar-refractivity contribution is 5.70. The van der Waals surface area contributed by atoms with Crippen molar-refractivity contribution in [1.82, 2.24) is 10.6 Å². The fraction of sp³-hybridized carbons (Fsp3) is 0.840. The van der Waals surface area contributed by atoms with Gasteiger partial charge in [-0.15, -0.1) is 0 Å². The van der Waals surface area contributed by atoms with Crippen LogP contribution in [0.5, 0.6) is 0 Å². The highest BCUT2D eigenvalue weighted by Gasteiger charge is 2.16. The highest BCUT2D eigenvalue weighted by Crippen LogP contribution is 2.06. The zero-order chi connectivity index (χ0) is 43.4. The Hall–Kier alpha value is -5.68. The molecule has 29 heteroatoms. The zero-order valence-corrected chi connectivity index (χ0v) is 30.9. The van der Waals surface area contributed by atoms with Crippen LogP contribution in [0.2, 0.25) is 0 Å². The lowest BCUT2D eigenvalue weighted by atomic mass is 10.2. The molecule has 0 bridgehead atoms. The first-order valence-electron chi connectivity index (χ1n) is 14.9. The molecule has 0 heterocycles. The van der Waals surface area contributed by atoms with Gasteiger partial charge in [0.25, 0.3) is 6.43 Å². The number of carbonyl (C=O) groups is 4.